The van der Waals surface area contributed by atoms with E-state index in [1.807, 2.05) is 0 Å². The van der Waals surface area contributed by atoms with E-state index in [2.05, 4.69) is 27.7 Å². The Labute approximate surface area is 132 Å². The van der Waals surface area contributed by atoms with Crippen molar-refractivity contribution in [1.29, 1.82) is 0 Å². The molecule has 0 bridgehead atoms. The molecule has 0 aliphatic heterocycles. The Balaban J connectivity index is 4.55. The second-order valence-corrected chi connectivity index (χ2v) is 6.62. The predicted octanol–water partition coefficient (Wildman–Crippen LogP) is 6.43. The SMILES string of the molecule is CCCCCCCCC(CC)C(CCC)(CCC)C(=O)O. The maximum absolute atomic E-state index is 12.0. The molecular formula is C19H38O2. The molecule has 0 fully saturated rings. The molecule has 0 aliphatic rings. The molecule has 1 atom stereocenters. The highest BCUT2D eigenvalue weighted by atomic mass is 16.4. The van der Waals surface area contributed by atoms with Crippen LogP contribution in [-0.4, -0.2) is 11.1 Å². The number of aliphatic carboxylic acids is 1. The van der Waals surface area contributed by atoms with Crippen molar-refractivity contribution in [3.63, 3.8) is 0 Å². The zero-order valence-corrected chi connectivity index (χ0v) is 14.9. The fraction of sp³-hybridized carbons (Fsp3) is 0.947. The first kappa shape index (κ1) is 20.5. The van der Waals surface area contributed by atoms with Gasteiger partial charge in [-0.3, -0.25) is 4.79 Å². The van der Waals surface area contributed by atoms with Crippen LogP contribution in [0.5, 0.6) is 0 Å². The highest BCUT2D eigenvalue weighted by Gasteiger charge is 2.42. The first-order valence-electron chi connectivity index (χ1n) is 9.32. The molecule has 0 saturated carbocycles. The van der Waals surface area contributed by atoms with E-state index in [9.17, 15) is 9.90 Å². The molecule has 2 heteroatoms. The number of carboxylic acids is 1. The fourth-order valence-corrected chi connectivity index (χ4v) is 3.86. The van der Waals surface area contributed by atoms with Gasteiger partial charge in [0.05, 0.1) is 5.41 Å². The third-order valence-electron chi connectivity index (χ3n) is 5.00. The first-order chi connectivity index (χ1) is 10.1. The first-order valence-corrected chi connectivity index (χ1v) is 9.32. The van der Waals surface area contributed by atoms with Gasteiger partial charge in [0.2, 0.25) is 0 Å². The van der Waals surface area contributed by atoms with Crippen molar-refractivity contribution >= 4 is 5.97 Å². The normalized spacial score (nSPS) is 13.3. The molecule has 2 nitrogen and oxygen atoms in total. The zero-order valence-electron chi connectivity index (χ0n) is 14.9. The van der Waals surface area contributed by atoms with E-state index in [1.165, 1.54) is 38.5 Å². The van der Waals surface area contributed by atoms with Gasteiger partial charge in [-0.15, -0.1) is 0 Å². The number of hydrogen-bond donors (Lipinski definition) is 1. The maximum Gasteiger partial charge on any atom is 0.309 e. The van der Waals surface area contributed by atoms with Gasteiger partial charge in [-0.25, -0.2) is 0 Å². The molecular weight excluding hydrogens is 260 g/mol. The summed E-state index contributed by atoms with van der Waals surface area (Å²) in [7, 11) is 0. The summed E-state index contributed by atoms with van der Waals surface area (Å²) < 4.78 is 0. The van der Waals surface area contributed by atoms with Crippen molar-refractivity contribution in [3.05, 3.63) is 0 Å². The number of hydrogen-bond acceptors (Lipinski definition) is 1. The third-order valence-corrected chi connectivity index (χ3v) is 5.00. The molecule has 0 heterocycles. The van der Waals surface area contributed by atoms with Crippen LogP contribution in [0.1, 0.15) is 105 Å². The molecule has 0 radical (unpaired) electrons. The number of unbranched alkanes of at least 4 members (excludes halogenated alkanes) is 5. The van der Waals surface area contributed by atoms with Gasteiger partial charge in [-0.2, -0.15) is 0 Å². The summed E-state index contributed by atoms with van der Waals surface area (Å²) in [5.74, 6) is -0.204. The minimum atomic E-state index is -0.552. The quantitative estimate of drug-likeness (QED) is 0.375. The van der Waals surface area contributed by atoms with Crippen LogP contribution in [0.3, 0.4) is 0 Å². The standard InChI is InChI=1S/C19H38O2/c1-5-9-10-11-12-13-14-17(8-4)19(15-6-2,16-7-3)18(20)21/h17H,5-16H2,1-4H3,(H,20,21). The second kappa shape index (κ2) is 12.1. The minimum Gasteiger partial charge on any atom is -0.481 e. The van der Waals surface area contributed by atoms with E-state index in [-0.39, 0.29) is 0 Å². The topological polar surface area (TPSA) is 37.3 Å². The van der Waals surface area contributed by atoms with E-state index in [0.717, 1.165) is 38.5 Å². The average molecular weight is 299 g/mol. The van der Waals surface area contributed by atoms with E-state index in [1.54, 1.807) is 0 Å². The molecule has 0 spiro atoms. The lowest BCUT2D eigenvalue weighted by Gasteiger charge is -2.37. The van der Waals surface area contributed by atoms with Crippen LogP contribution < -0.4 is 0 Å². The van der Waals surface area contributed by atoms with E-state index in [0.29, 0.717) is 5.92 Å². The van der Waals surface area contributed by atoms with Crippen molar-refractivity contribution in [2.45, 2.75) is 105 Å². The van der Waals surface area contributed by atoms with E-state index >= 15 is 0 Å². The van der Waals surface area contributed by atoms with Gasteiger partial charge in [0.25, 0.3) is 0 Å². The Kier molecular flexibility index (Phi) is 11.8. The Morgan fingerprint density at radius 2 is 1.38 bits per heavy atom. The monoisotopic (exact) mass is 298 g/mol. The Morgan fingerprint density at radius 3 is 1.81 bits per heavy atom. The van der Waals surface area contributed by atoms with Crippen LogP contribution in [0.4, 0.5) is 0 Å². The highest BCUT2D eigenvalue weighted by Crippen LogP contribution is 2.42. The summed E-state index contributed by atoms with van der Waals surface area (Å²) in [6, 6.07) is 0. The van der Waals surface area contributed by atoms with Crippen LogP contribution in [0, 0.1) is 11.3 Å². The molecule has 1 unspecified atom stereocenters. The van der Waals surface area contributed by atoms with Gasteiger partial charge in [-0.05, 0) is 25.2 Å². The largest absolute Gasteiger partial charge is 0.481 e. The third kappa shape index (κ3) is 6.84. The maximum atomic E-state index is 12.0. The van der Waals surface area contributed by atoms with Crippen LogP contribution >= 0.6 is 0 Å². The second-order valence-electron chi connectivity index (χ2n) is 6.62. The molecule has 1 N–H and O–H groups in total. The average Bonchev–Trinajstić information content (AvgIpc) is 2.46. The Hall–Kier alpha value is -0.530. The lowest BCUT2D eigenvalue weighted by molar-refractivity contribution is -0.154. The molecule has 0 aromatic rings. The van der Waals surface area contributed by atoms with Crippen molar-refractivity contribution in [1.82, 2.24) is 0 Å². The smallest absolute Gasteiger partial charge is 0.309 e. The zero-order chi connectivity index (χ0) is 16.1. The summed E-state index contributed by atoms with van der Waals surface area (Å²) in [4.78, 5) is 12.0. The summed E-state index contributed by atoms with van der Waals surface area (Å²) >= 11 is 0. The molecule has 126 valence electrons. The summed E-state index contributed by atoms with van der Waals surface area (Å²) in [6.07, 6.45) is 13.4. The summed E-state index contributed by atoms with van der Waals surface area (Å²) in [5, 5.41) is 9.86. The lowest BCUT2D eigenvalue weighted by atomic mass is 9.66. The fourth-order valence-electron chi connectivity index (χ4n) is 3.86. The van der Waals surface area contributed by atoms with Crippen LogP contribution in [0.25, 0.3) is 0 Å². The lowest BCUT2D eigenvalue weighted by Crippen LogP contribution is -2.38. The minimum absolute atomic E-state index is 0.348. The van der Waals surface area contributed by atoms with Gasteiger partial charge >= 0.3 is 5.97 Å². The van der Waals surface area contributed by atoms with Crippen molar-refractivity contribution in [2.24, 2.45) is 11.3 Å². The molecule has 0 aromatic carbocycles. The van der Waals surface area contributed by atoms with Crippen LogP contribution in [-0.2, 0) is 4.79 Å². The molecule has 0 rings (SSSR count). The Bertz CT molecular complexity index is 254. The molecule has 0 amide bonds. The Morgan fingerprint density at radius 1 is 0.857 bits per heavy atom. The van der Waals surface area contributed by atoms with Gasteiger partial charge in [0.1, 0.15) is 0 Å². The van der Waals surface area contributed by atoms with Gasteiger partial charge < -0.3 is 5.11 Å². The molecule has 21 heavy (non-hydrogen) atoms. The van der Waals surface area contributed by atoms with E-state index in [4.69, 9.17) is 0 Å². The van der Waals surface area contributed by atoms with Crippen molar-refractivity contribution in [3.8, 4) is 0 Å². The van der Waals surface area contributed by atoms with Gasteiger partial charge in [0, 0.05) is 0 Å². The van der Waals surface area contributed by atoms with Gasteiger partial charge in [0.15, 0.2) is 0 Å². The van der Waals surface area contributed by atoms with Crippen LogP contribution in [0.15, 0.2) is 0 Å². The molecule has 0 saturated heterocycles. The van der Waals surface area contributed by atoms with E-state index < -0.39 is 11.4 Å². The molecule has 0 aliphatic carbocycles. The molecule has 0 aromatic heterocycles. The van der Waals surface area contributed by atoms with Crippen molar-refractivity contribution in [2.75, 3.05) is 0 Å². The number of rotatable bonds is 14. The highest BCUT2D eigenvalue weighted by molar-refractivity contribution is 5.75. The summed E-state index contributed by atoms with van der Waals surface area (Å²) in [5.41, 5.74) is -0.471. The number of carbonyl (C=O) groups is 1. The summed E-state index contributed by atoms with van der Waals surface area (Å²) in [6.45, 7) is 8.64. The van der Waals surface area contributed by atoms with Crippen molar-refractivity contribution < 1.29 is 9.90 Å². The van der Waals surface area contributed by atoms with Gasteiger partial charge in [-0.1, -0.05) is 85.5 Å². The number of carboxylic acid groups (broad SMARTS) is 1. The van der Waals surface area contributed by atoms with Crippen LogP contribution in [0.2, 0.25) is 0 Å². The predicted molar refractivity (Wildman–Crippen MR) is 91.7 cm³/mol.